The highest BCUT2D eigenvalue weighted by molar-refractivity contribution is 6.09. The van der Waals surface area contributed by atoms with Gasteiger partial charge in [0.1, 0.15) is 12.0 Å². The van der Waals surface area contributed by atoms with Crippen LogP contribution in [0.3, 0.4) is 0 Å². The predicted molar refractivity (Wildman–Crippen MR) is 113 cm³/mol. The molecule has 0 saturated heterocycles. The molecule has 1 saturated carbocycles. The zero-order valence-corrected chi connectivity index (χ0v) is 17.5. The van der Waals surface area contributed by atoms with Gasteiger partial charge in [0.25, 0.3) is 11.8 Å². The van der Waals surface area contributed by atoms with E-state index in [9.17, 15) is 9.59 Å². The molecule has 3 N–H and O–H groups in total. The molecule has 2 amide bonds. The lowest BCUT2D eigenvalue weighted by molar-refractivity contribution is 0.0951. The Labute approximate surface area is 178 Å². The van der Waals surface area contributed by atoms with E-state index in [1.54, 1.807) is 23.3 Å². The van der Waals surface area contributed by atoms with Gasteiger partial charge in [0.15, 0.2) is 11.5 Å². The Morgan fingerprint density at radius 3 is 2.48 bits per heavy atom. The summed E-state index contributed by atoms with van der Waals surface area (Å²) < 4.78 is 1.56. The van der Waals surface area contributed by atoms with Gasteiger partial charge in [-0.3, -0.25) is 14.3 Å². The highest BCUT2D eigenvalue weighted by Crippen LogP contribution is 2.39. The van der Waals surface area contributed by atoms with E-state index in [4.69, 9.17) is 0 Å². The smallest absolute Gasteiger partial charge is 0.278 e. The number of carbonyl (C=O) groups is 2. The largest absolute Gasteiger partial charge is 0.354 e. The predicted octanol–water partition coefficient (Wildman–Crippen LogP) is 2.28. The van der Waals surface area contributed by atoms with Crippen LogP contribution in [0.1, 0.15) is 65.3 Å². The lowest BCUT2D eigenvalue weighted by atomic mass is 10.2. The van der Waals surface area contributed by atoms with E-state index in [2.05, 4.69) is 41.0 Å². The summed E-state index contributed by atoms with van der Waals surface area (Å²) in [4.78, 5) is 42.5. The van der Waals surface area contributed by atoms with Gasteiger partial charge in [-0.25, -0.2) is 19.9 Å². The molecule has 160 valence electrons. The van der Waals surface area contributed by atoms with Crippen LogP contribution in [0.15, 0.2) is 31.1 Å². The number of hydrogen-bond donors (Lipinski definition) is 3. The quantitative estimate of drug-likeness (QED) is 0.528. The minimum absolute atomic E-state index is 0.0637. The SMILES string of the molecule is CNC(=O)c1c(NC(=O)c2nc(C3CC3)cnc2Nc2cncnc2)cnn1C(C)C. The third-order valence-corrected chi connectivity index (χ3v) is 4.80. The average Bonchev–Trinajstić information content (AvgIpc) is 3.54. The van der Waals surface area contributed by atoms with Gasteiger partial charge in [0, 0.05) is 19.0 Å². The van der Waals surface area contributed by atoms with Gasteiger partial charge in [-0.05, 0) is 26.7 Å². The first-order valence-electron chi connectivity index (χ1n) is 9.97. The standard InChI is InChI=1S/C20H23N9O2/c1-11(2)29-17(20(31)21-3)15(9-25-29)28-19(30)16-18(26-13-6-22-10-23-7-13)24-8-14(27-16)12-4-5-12/h6-12H,4-5H2,1-3H3,(H,21,31)(H,24,26)(H,28,30). The van der Waals surface area contributed by atoms with Crippen molar-refractivity contribution < 1.29 is 9.59 Å². The maximum atomic E-state index is 13.2. The van der Waals surface area contributed by atoms with Gasteiger partial charge in [0.05, 0.1) is 41.9 Å². The summed E-state index contributed by atoms with van der Waals surface area (Å²) in [6, 6.07) is -0.0637. The van der Waals surface area contributed by atoms with Crippen LogP contribution in [0, 0.1) is 0 Å². The summed E-state index contributed by atoms with van der Waals surface area (Å²) >= 11 is 0. The fourth-order valence-corrected chi connectivity index (χ4v) is 3.10. The summed E-state index contributed by atoms with van der Waals surface area (Å²) in [5, 5.41) is 12.6. The van der Waals surface area contributed by atoms with Crippen molar-refractivity contribution in [3.63, 3.8) is 0 Å². The minimum Gasteiger partial charge on any atom is -0.354 e. The highest BCUT2D eigenvalue weighted by atomic mass is 16.2. The van der Waals surface area contributed by atoms with Crippen LogP contribution in [0.5, 0.6) is 0 Å². The summed E-state index contributed by atoms with van der Waals surface area (Å²) in [6.45, 7) is 3.80. The molecule has 11 heteroatoms. The van der Waals surface area contributed by atoms with E-state index in [0.717, 1.165) is 18.5 Å². The van der Waals surface area contributed by atoms with Crippen LogP contribution >= 0.6 is 0 Å². The van der Waals surface area contributed by atoms with Crippen LogP contribution in [0.4, 0.5) is 17.2 Å². The molecular weight excluding hydrogens is 398 g/mol. The lowest BCUT2D eigenvalue weighted by Gasteiger charge is -2.13. The summed E-state index contributed by atoms with van der Waals surface area (Å²) in [5.74, 6) is -0.255. The van der Waals surface area contributed by atoms with E-state index in [1.807, 2.05) is 13.8 Å². The van der Waals surface area contributed by atoms with E-state index >= 15 is 0 Å². The lowest BCUT2D eigenvalue weighted by Crippen LogP contribution is -2.25. The first-order valence-corrected chi connectivity index (χ1v) is 9.97. The van der Waals surface area contributed by atoms with Gasteiger partial charge in [-0.1, -0.05) is 0 Å². The van der Waals surface area contributed by atoms with Gasteiger partial charge in [0.2, 0.25) is 0 Å². The van der Waals surface area contributed by atoms with Crippen LogP contribution in [0.25, 0.3) is 0 Å². The van der Waals surface area contributed by atoms with Gasteiger partial charge < -0.3 is 16.0 Å². The van der Waals surface area contributed by atoms with E-state index in [-0.39, 0.29) is 29.2 Å². The minimum atomic E-state index is -0.497. The molecule has 0 radical (unpaired) electrons. The van der Waals surface area contributed by atoms with Crippen molar-refractivity contribution >= 4 is 29.0 Å². The Morgan fingerprint density at radius 2 is 1.84 bits per heavy atom. The highest BCUT2D eigenvalue weighted by Gasteiger charge is 2.28. The zero-order valence-electron chi connectivity index (χ0n) is 17.5. The molecule has 0 bridgehead atoms. The van der Waals surface area contributed by atoms with E-state index in [0.29, 0.717) is 17.3 Å². The third-order valence-electron chi connectivity index (χ3n) is 4.80. The second kappa shape index (κ2) is 8.46. The van der Waals surface area contributed by atoms with Crippen LogP contribution in [-0.2, 0) is 0 Å². The van der Waals surface area contributed by atoms with Crippen molar-refractivity contribution in [3.05, 3.63) is 48.2 Å². The topological polar surface area (TPSA) is 140 Å². The molecule has 31 heavy (non-hydrogen) atoms. The Kier molecular flexibility index (Phi) is 5.56. The first kappa shape index (κ1) is 20.4. The molecule has 4 rings (SSSR count). The monoisotopic (exact) mass is 421 g/mol. The van der Waals surface area contributed by atoms with E-state index < -0.39 is 5.91 Å². The Hall–Kier alpha value is -3.89. The van der Waals surface area contributed by atoms with Crippen molar-refractivity contribution in [2.24, 2.45) is 0 Å². The number of nitrogens with zero attached hydrogens (tertiary/aromatic N) is 6. The maximum Gasteiger partial charge on any atom is 0.278 e. The second-order valence-electron chi connectivity index (χ2n) is 7.50. The molecule has 1 aliphatic rings. The fraction of sp³-hybridized carbons (Fsp3) is 0.350. The van der Waals surface area contributed by atoms with Gasteiger partial charge in [-0.2, -0.15) is 5.10 Å². The summed E-state index contributed by atoms with van der Waals surface area (Å²) in [7, 11) is 1.53. The Balaban J connectivity index is 1.68. The molecule has 11 nitrogen and oxygen atoms in total. The maximum absolute atomic E-state index is 13.2. The van der Waals surface area contributed by atoms with E-state index in [1.165, 1.54) is 19.6 Å². The number of carbonyl (C=O) groups excluding carboxylic acids is 2. The number of nitrogens with one attached hydrogen (secondary N) is 3. The van der Waals surface area contributed by atoms with Crippen molar-refractivity contribution in [1.29, 1.82) is 0 Å². The fourth-order valence-electron chi connectivity index (χ4n) is 3.10. The molecule has 0 aromatic carbocycles. The number of aromatic nitrogens is 6. The molecule has 1 aliphatic carbocycles. The average molecular weight is 421 g/mol. The Morgan fingerprint density at radius 1 is 1.10 bits per heavy atom. The van der Waals surface area contributed by atoms with Crippen LogP contribution in [-0.4, -0.2) is 48.6 Å². The number of anilines is 3. The van der Waals surface area contributed by atoms with Crippen molar-refractivity contribution in [1.82, 2.24) is 35.0 Å². The van der Waals surface area contributed by atoms with Crippen LogP contribution in [0.2, 0.25) is 0 Å². The molecule has 3 heterocycles. The van der Waals surface area contributed by atoms with Crippen molar-refractivity contribution in [2.75, 3.05) is 17.7 Å². The molecular formula is C20H23N9O2. The van der Waals surface area contributed by atoms with Gasteiger partial charge >= 0.3 is 0 Å². The summed E-state index contributed by atoms with van der Waals surface area (Å²) in [6.07, 6.45) is 9.73. The van der Waals surface area contributed by atoms with Crippen molar-refractivity contribution in [2.45, 2.75) is 38.6 Å². The molecule has 0 atom stereocenters. The molecule has 0 aliphatic heterocycles. The third kappa shape index (κ3) is 4.34. The molecule has 0 unspecified atom stereocenters. The molecule has 1 fully saturated rings. The normalized spacial score (nSPS) is 13.2. The Bertz CT molecular complexity index is 1110. The van der Waals surface area contributed by atoms with Crippen molar-refractivity contribution in [3.8, 4) is 0 Å². The second-order valence-corrected chi connectivity index (χ2v) is 7.50. The number of rotatable bonds is 7. The molecule has 3 aromatic rings. The zero-order chi connectivity index (χ0) is 22.0. The van der Waals surface area contributed by atoms with Crippen LogP contribution < -0.4 is 16.0 Å². The number of amides is 2. The first-order chi connectivity index (χ1) is 15.0. The number of hydrogen-bond acceptors (Lipinski definition) is 8. The van der Waals surface area contributed by atoms with Gasteiger partial charge in [-0.15, -0.1) is 0 Å². The molecule has 3 aromatic heterocycles. The summed E-state index contributed by atoms with van der Waals surface area (Å²) in [5.41, 5.74) is 2.02. The molecule has 0 spiro atoms.